The largest absolute Gasteiger partial charge is 0.436 e. The zero-order valence-electron chi connectivity index (χ0n) is 26.4. The third-order valence-electron chi connectivity index (χ3n) is 9.45. The van der Waals surface area contributed by atoms with Crippen LogP contribution < -0.4 is 4.90 Å². The van der Waals surface area contributed by atoms with Crippen molar-refractivity contribution in [2.75, 3.05) is 4.90 Å². The summed E-state index contributed by atoms with van der Waals surface area (Å²) in [7, 11) is 0. The lowest BCUT2D eigenvalue weighted by Gasteiger charge is -2.26. The molecule has 0 atom stereocenters. The number of anilines is 3. The van der Waals surface area contributed by atoms with Crippen molar-refractivity contribution in [3.8, 4) is 22.6 Å². The summed E-state index contributed by atoms with van der Waals surface area (Å²) in [6.45, 7) is 0. The number of nitrogens with zero attached hydrogens (tertiary/aromatic N) is 2. The molecule has 10 rings (SSSR count). The molecule has 2 heterocycles. The number of benzene rings is 8. The fraction of sp³-hybridized carbons (Fsp3) is 0. The Morgan fingerprint density at radius 2 is 1.12 bits per heavy atom. The lowest BCUT2D eigenvalue weighted by molar-refractivity contribution is 0.620. The number of hydrogen-bond acceptors (Lipinski definition) is 4. The van der Waals surface area contributed by atoms with Crippen molar-refractivity contribution in [2.45, 2.75) is 0 Å². The second-order valence-corrected chi connectivity index (χ2v) is 13.4. The maximum absolute atomic E-state index is 6.42. The van der Waals surface area contributed by atoms with Crippen LogP contribution in [0.4, 0.5) is 17.1 Å². The van der Waals surface area contributed by atoms with Crippen molar-refractivity contribution >= 4 is 81.2 Å². The Bertz CT molecular complexity index is 2820. The third kappa shape index (κ3) is 4.61. The zero-order valence-corrected chi connectivity index (χ0v) is 27.2. The first-order chi connectivity index (χ1) is 24.3. The van der Waals surface area contributed by atoms with Gasteiger partial charge in [-0.1, -0.05) is 91.0 Å². The molecular formula is C45H28N2OS. The highest BCUT2D eigenvalue weighted by Gasteiger charge is 2.20. The highest BCUT2D eigenvalue weighted by Crippen LogP contribution is 2.44. The minimum Gasteiger partial charge on any atom is -0.436 e. The second-order valence-electron chi connectivity index (χ2n) is 12.4. The lowest BCUT2D eigenvalue weighted by Crippen LogP contribution is -2.09. The van der Waals surface area contributed by atoms with Gasteiger partial charge in [0.1, 0.15) is 5.52 Å². The Morgan fingerprint density at radius 1 is 0.469 bits per heavy atom. The van der Waals surface area contributed by atoms with Crippen LogP contribution in [-0.4, -0.2) is 4.98 Å². The van der Waals surface area contributed by atoms with Crippen LogP contribution >= 0.6 is 11.3 Å². The molecule has 0 amide bonds. The van der Waals surface area contributed by atoms with Crippen LogP contribution in [0.5, 0.6) is 0 Å². The van der Waals surface area contributed by atoms with Crippen LogP contribution in [0.2, 0.25) is 0 Å². The summed E-state index contributed by atoms with van der Waals surface area (Å²) in [5.74, 6) is 0.625. The minimum atomic E-state index is 0.625. The van der Waals surface area contributed by atoms with Gasteiger partial charge in [-0.05, 0) is 106 Å². The van der Waals surface area contributed by atoms with E-state index in [0.717, 1.165) is 55.3 Å². The van der Waals surface area contributed by atoms with Crippen LogP contribution in [0.1, 0.15) is 0 Å². The van der Waals surface area contributed by atoms with Gasteiger partial charge < -0.3 is 9.32 Å². The number of para-hydroxylation sites is 1. The summed E-state index contributed by atoms with van der Waals surface area (Å²) in [4.78, 5) is 7.53. The first-order valence-electron chi connectivity index (χ1n) is 16.5. The molecule has 0 saturated heterocycles. The Labute approximate surface area is 286 Å². The van der Waals surface area contributed by atoms with Gasteiger partial charge in [0.15, 0.2) is 5.58 Å². The molecule has 0 N–H and O–H groups in total. The maximum atomic E-state index is 6.42. The Balaban J connectivity index is 1.25. The van der Waals surface area contributed by atoms with Gasteiger partial charge in [-0.2, -0.15) is 0 Å². The van der Waals surface area contributed by atoms with E-state index in [9.17, 15) is 0 Å². The standard InChI is InChI=1S/C45H28N2OS/c1-4-12-29(13-5-1)37-26-31-20-21-33(27-38(31)43-36(37)23-24-40-44(43)46-45(48-40)30-14-6-2-7-15-30)47(32-16-8-3-9-17-32)34-22-25-42-39(28-34)35-18-10-11-19-41(35)49-42/h1-28H. The second kappa shape index (κ2) is 11.2. The van der Waals surface area contributed by atoms with Gasteiger partial charge in [-0.15, -0.1) is 11.3 Å². The van der Waals surface area contributed by atoms with E-state index in [1.54, 1.807) is 0 Å². The summed E-state index contributed by atoms with van der Waals surface area (Å²) in [6.07, 6.45) is 0. The van der Waals surface area contributed by atoms with Crippen molar-refractivity contribution < 1.29 is 4.42 Å². The quantitative estimate of drug-likeness (QED) is 0.175. The van der Waals surface area contributed by atoms with E-state index in [-0.39, 0.29) is 0 Å². The van der Waals surface area contributed by atoms with E-state index in [2.05, 4.69) is 144 Å². The predicted molar refractivity (Wildman–Crippen MR) is 207 cm³/mol. The lowest BCUT2D eigenvalue weighted by atomic mass is 9.92. The molecular weight excluding hydrogens is 617 g/mol. The highest BCUT2D eigenvalue weighted by atomic mass is 32.1. The van der Waals surface area contributed by atoms with E-state index < -0.39 is 0 Å². The SMILES string of the molecule is c1ccc(-c2nc3c(ccc4c(-c5ccccc5)cc5ccc(N(c6ccccc6)c6ccc7sc8ccccc8c7c6)cc5c43)o2)cc1. The average molecular weight is 645 g/mol. The van der Waals surface area contributed by atoms with Crippen LogP contribution in [0, 0.1) is 0 Å². The van der Waals surface area contributed by atoms with Gasteiger partial charge in [0.25, 0.3) is 0 Å². The number of aromatic nitrogens is 1. The molecule has 3 nitrogen and oxygen atoms in total. The van der Waals surface area contributed by atoms with Gasteiger partial charge >= 0.3 is 0 Å². The van der Waals surface area contributed by atoms with E-state index >= 15 is 0 Å². The van der Waals surface area contributed by atoms with Crippen molar-refractivity contribution in [1.82, 2.24) is 4.98 Å². The topological polar surface area (TPSA) is 29.3 Å². The molecule has 4 heteroatoms. The number of rotatable bonds is 5. The molecule has 0 saturated carbocycles. The normalized spacial score (nSPS) is 11.7. The Morgan fingerprint density at radius 3 is 1.92 bits per heavy atom. The van der Waals surface area contributed by atoms with Gasteiger partial charge in [0.05, 0.1) is 0 Å². The first-order valence-corrected chi connectivity index (χ1v) is 17.3. The van der Waals surface area contributed by atoms with E-state index in [1.807, 2.05) is 41.7 Å². The molecule has 0 aliphatic heterocycles. The summed E-state index contributed by atoms with van der Waals surface area (Å²) in [5, 5.41) is 7.09. The third-order valence-corrected chi connectivity index (χ3v) is 10.6. The van der Waals surface area contributed by atoms with Gasteiger partial charge in [-0.25, -0.2) is 4.98 Å². The van der Waals surface area contributed by atoms with Crippen LogP contribution in [0.3, 0.4) is 0 Å². The molecule has 0 bridgehead atoms. The number of thiophene rings is 1. The molecule has 0 unspecified atom stereocenters. The highest BCUT2D eigenvalue weighted by molar-refractivity contribution is 7.25. The van der Waals surface area contributed by atoms with Crippen LogP contribution in [0.25, 0.3) is 75.4 Å². The summed E-state index contributed by atoms with van der Waals surface area (Å²) < 4.78 is 9.02. The smallest absolute Gasteiger partial charge is 0.227 e. The fourth-order valence-electron chi connectivity index (χ4n) is 7.19. The number of fused-ring (bicyclic) bond motifs is 8. The molecule has 0 radical (unpaired) electrons. The number of oxazole rings is 1. The zero-order chi connectivity index (χ0) is 32.3. The summed E-state index contributed by atoms with van der Waals surface area (Å²) in [6, 6.07) is 60.3. The monoisotopic (exact) mass is 644 g/mol. The van der Waals surface area contributed by atoms with Gasteiger partial charge in [0.2, 0.25) is 5.89 Å². The van der Waals surface area contributed by atoms with Crippen molar-refractivity contribution in [3.05, 3.63) is 170 Å². The Kier molecular flexibility index (Phi) is 6.36. The average Bonchev–Trinajstić information content (AvgIpc) is 3.78. The Hall–Kier alpha value is -6.23. The predicted octanol–water partition coefficient (Wildman–Crippen LogP) is 13.3. The van der Waals surface area contributed by atoms with E-state index in [0.29, 0.717) is 5.89 Å². The summed E-state index contributed by atoms with van der Waals surface area (Å²) >= 11 is 1.84. The molecule has 8 aromatic carbocycles. The minimum absolute atomic E-state index is 0.625. The fourth-order valence-corrected chi connectivity index (χ4v) is 8.27. The molecule has 49 heavy (non-hydrogen) atoms. The van der Waals surface area contributed by atoms with Crippen molar-refractivity contribution in [1.29, 1.82) is 0 Å². The molecule has 0 fully saturated rings. The van der Waals surface area contributed by atoms with Crippen LogP contribution in [0.15, 0.2) is 174 Å². The molecule has 10 aromatic rings. The molecule has 0 aliphatic carbocycles. The maximum Gasteiger partial charge on any atom is 0.227 e. The number of hydrogen-bond donors (Lipinski definition) is 0. The molecule has 230 valence electrons. The van der Waals surface area contributed by atoms with E-state index in [1.165, 1.54) is 31.3 Å². The van der Waals surface area contributed by atoms with Gasteiger partial charge in [-0.3, -0.25) is 0 Å². The van der Waals surface area contributed by atoms with Crippen LogP contribution in [-0.2, 0) is 0 Å². The van der Waals surface area contributed by atoms with Crippen molar-refractivity contribution in [3.63, 3.8) is 0 Å². The van der Waals surface area contributed by atoms with Gasteiger partial charge in [0, 0.05) is 48.2 Å². The molecule has 2 aromatic heterocycles. The first kappa shape index (κ1) is 27.8. The van der Waals surface area contributed by atoms with Crippen molar-refractivity contribution in [2.24, 2.45) is 0 Å². The molecule has 0 aliphatic rings. The van der Waals surface area contributed by atoms with E-state index in [4.69, 9.17) is 9.40 Å². The molecule has 0 spiro atoms. The summed E-state index contributed by atoms with van der Waals surface area (Å²) in [5.41, 5.74) is 8.25.